The van der Waals surface area contributed by atoms with Gasteiger partial charge in [0.1, 0.15) is 0 Å². The molecule has 3 nitrogen and oxygen atoms in total. The number of hydrogen-bond donors (Lipinski definition) is 1. The Balaban J connectivity index is 3.02. The van der Waals surface area contributed by atoms with Crippen LogP contribution in [-0.2, 0) is 7.05 Å². The zero-order valence-corrected chi connectivity index (χ0v) is 8.67. The molecule has 0 aliphatic carbocycles. The van der Waals surface area contributed by atoms with Crippen LogP contribution in [0.1, 0.15) is 12.6 Å². The Labute approximate surface area is 79.8 Å². The molecule has 12 heavy (non-hydrogen) atoms. The SMILES string of the molecule is C/C(=C\c1c(Br)cnn1C)CO. The van der Waals surface area contributed by atoms with E-state index in [0.29, 0.717) is 0 Å². The van der Waals surface area contributed by atoms with Crippen LogP contribution in [0.2, 0.25) is 0 Å². The van der Waals surface area contributed by atoms with E-state index in [0.717, 1.165) is 15.7 Å². The first-order chi connectivity index (χ1) is 5.65. The Morgan fingerprint density at radius 3 is 2.92 bits per heavy atom. The topological polar surface area (TPSA) is 38.0 Å². The number of halogens is 1. The number of hydrogen-bond acceptors (Lipinski definition) is 2. The van der Waals surface area contributed by atoms with Crippen molar-refractivity contribution in [2.75, 3.05) is 6.61 Å². The smallest absolute Gasteiger partial charge is 0.0749 e. The highest BCUT2D eigenvalue weighted by Gasteiger charge is 2.01. The second kappa shape index (κ2) is 3.87. The lowest BCUT2D eigenvalue weighted by Gasteiger charge is -1.97. The van der Waals surface area contributed by atoms with Crippen LogP contribution >= 0.6 is 15.9 Å². The van der Waals surface area contributed by atoms with Crippen LogP contribution in [-0.4, -0.2) is 21.5 Å². The molecule has 1 N–H and O–H groups in total. The fourth-order valence-electron chi connectivity index (χ4n) is 0.862. The summed E-state index contributed by atoms with van der Waals surface area (Å²) in [6, 6.07) is 0. The van der Waals surface area contributed by atoms with E-state index in [1.807, 2.05) is 20.0 Å². The molecule has 0 aliphatic heterocycles. The fraction of sp³-hybridized carbons (Fsp3) is 0.375. The minimum absolute atomic E-state index is 0.0810. The summed E-state index contributed by atoms with van der Waals surface area (Å²) in [5.41, 5.74) is 1.89. The second-order valence-corrected chi connectivity index (χ2v) is 3.50. The predicted molar refractivity (Wildman–Crippen MR) is 51.6 cm³/mol. The molecule has 0 aliphatic rings. The molecule has 0 bridgehead atoms. The molecule has 0 amide bonds. The van der Waals surface area contributed by atoms with E-state index >= 15 is 0 Å². The molecular formula is C8H11BrN2O. The van der Waals surface area contributed by atoms with Crippen molar-refractivity contribution in [1.82, 2.24) is 9.78 Å². The van der Waals surface area contributed by atoms with E-state index in [1.54, 1.807) is 10.9 Å². The monoisotopic (exact) mass is 230 g/mol. The fourth-order valence-corrected chi connectivity index (χ4v) is 1.32. The Kier molecular flexibility index (Phi) is 3.05. The van der Waals surface area contributed by atoms with Gasteiger partial charge < -0.3 is 5.11 Å². The van der Waals surface area contributed by atoms with Crippen molar-refractivity contribution in [3.05, 3.63) is 21.9 Å². The summed E-state index contributed by atoms with van der Waals surface area (Å²) in [5, 5.41) is 12.8. The van der Waals surface area contributed by atoms with E-state index in [2.05, 4.69) is 21.0 Å². The largest absolute Gasteiger partial charge is 0.392 e. The van der Waals surface area contributed by atoms with Gasteiger partial charge in [-0.3, -0.25) is 4.68 Å². The van der Waals surface area contributed by atoms with Gasteiger partial charge in [0, 0.05) is 7.05 Å². The zero-order chi connectivity index (χ0) is 9.14. The third kappa shape index (κ3) is 1.95. The van der Waals surface area contributed by atoms with E-state index < -0.39 is 0 Å². The van der Waals surface area contributed by atoms with Gasteiger partial charge >= 0.3 is 0 Å². The Morgan fingerprint density at radius 2 is 2.50 bits per heavy atom. The maximum Gasteiger partial charge on any atom is 0.0749 e. The van der Waals surface area contributed by atoms with Crippen molar-refractivity contribution in [2.24, 2.45) is 7.05 Å². The summed E-state index contributed by atoms with van der Waals surface area (Å²) in [6.45, 7) is 1.96. The third-order valence-corrected chi connectivity index (χ3v) is 2.18. The summed E-state index contributed by atoms with van der Waals surface area (Å²) in [4.78, 5) is 0. The molecular weight excluding hydrogens is 220 g/mol. The quantitative estimate of drug-likeness (QED) is 0.839. The van der Waals surface area contributed by atoms with Crippen LogP contribution in [0, 0.1) is 0 Å². The first-order valence-corrected chi connectivity index (χ1v) is 4.40. The first kappa shape index (κ1) is 9.48. The number of nitrogens with zero attached hydrogens (tertiary/aromatic N) is 2. The number of rotatable bonds is 2. The van der Waals surface area contributed by atoms with Crippen molar-refractivity contribution < 1.29 is 5.11 Å². The van der Waals surface area contributed by atoms with Crippen molar-refractivity contribution in [3.63, 3.8) is 0 Å². The first-order valence-electron chi connectivity index (χ1n) is 3.60. The molecule has 0 radical (unpaired) electrons. The highest BCUT2D eigenvalue weighted by Crippen LogP contribution is 2.17. The van der Waals surface area contributed by atoms with Crippen molar-refractivity contribution in [3.8, 4) is 0 Å². The lowest BCUT2D eigenvalue weighted by Crippen LogP contribution is -1.94. The van der Waals surface area contributed by atoms with E-state index in [-0.39, 0.29) is 6.61 Å². The normalized spacial score (nSPS) is 12.2. The van der Waals surface area contributed by atoms with Crippen molar-refractivity contribution in [2.45, 2.75) is 6.92 Å². The van der Waals surface area contributed by atoms with Gasteiger partial charge in [-0.05, 0) is 34.5 Å². The minimum Gasteiger partial charge on any atom is -0.392 e. The zero-order valence-electron chi connectivity index (χ0n) is 7.08. The molecule has 0 atom stereocenters. The lowest BCUT2D eigenvalue weighted by atomic mass is 10.2. The molecule has 0 saturated carbocycles. The number of aliphatic hydroxyl groups is 1. The average Bonchev–Trinajstić information content (AvgIpc) is 2.35. The molecule has 66 valence electrons. The summed E-state index contributed by atoms with van der Waals surface area (Å²) >= 11 is 3.37. The molecule has 1 aromatic heterocycles. The van der Waals surface area contributed by atoms with Gasteiger partial charge in [-0.25, -0.2) is 0 Å². The molecule has 0 aromatic carbocycles. The lowest BCUT2D eigenvalue weighted by molar-refractivity contribution is 0.332. The standard InChI is InChI=1S/C8H11BrN2O/c1-6(5-12)3-8-7(9)4-10-11(8)2/h3-4,12H,5H2,1-2H3/b6-3+. The van der Waals surface area contributed by atoms with E-state index in [9.17, 15) is 0 Å². The van der Waals surface area contributed by atoms with Crippen molar-refractivity contribution >= 4 is 22.0 Å². The van der Waals surface area contributed by atoms with E-state index in [1.165, 1.54) is 0 Å². The molecule has 1 aromatic rings. The molecule has 0 spiro atoms. The summed E-state index contributed by atoms with van der Waals surface area (Å²) in [7, 11) is 1.86. The molecule has 4 heteroatoms. The van der Waals surface area contributed by atoms with Crippen LogP contribution in [0.25, 0.3) is 6.08 Å². The van der Waals surface area contributed by atoms with Gasteiger partial charge in [0.2, 0.25) is 0 Å². The third-order valence-electron chi connectivity index (χ3n) is 1.57. The average molecular weight is 231 g/mol. The second-order valence-electron chi connectivity index (χ2n) is 2.65. The molecule has 1 rings (SSSR count). The van der Waals surface area contributed by atoms with Crippen LogP contribution in [0.4, 0.5) is 0 Å². The predicted octanol–water partition coefficient (Wildman–Crippen LogP) is 1.58. The number of aryl methyl sites for hydroxylation is 1. The maximum absolute atomic E-state index is 8.80. The molecule has 0 fully saturated rings. The summed E-state index contributed by atoms with van der Waals surface area (Å²) in [5.74, 6) is 0. The Bertz CT molecular complexity index is 285. The van der Waals surface area contributed by atoms with Gasteiger partial charge in [-0.2, -0.15) is 5.10 Å². The van der Waals surface area contributed by atoms with E-state index in [4.69, 9.17) is 5.11 Å². The van der Waals surface area contributed by atoms with Gasteiger partial charge in [0.25, 0.3) is 0 Å². The highest BCUT2D eigenvalue weighted by atomic mass is 79.9. The molecule has 0 unspecified atom stereocenters. The van der Waals surface area contributed by atoms with Gasteiger partial charge in [0.15, 0.2) is 0 Å². The number of aromatic nitrogens is 2. The van der Waals surface area contributed by atoms with Crippen LogP contribution in [0.15, 0.2) is 16.2 Å². The Morgan fingerprint density at radius 1 is 1.83 bits per heavy atom. The molecule has 1 heterocycles. The molecule has 0 saturated heterocycles. The van der Waals surface area contributed by atoms with Gasteiger partial charge in [-0.1, -0.05) is 0 Å². The van der Waals surface area contributed by atoms with Crippen LogP contribution < -0.4 is 0 Å². The summed E-state index contributed by atoms with van der Waals surface area (Å²) < 4.78 is 2.70. The van der Waals surface area contributed by atoms with Gasteiger partial charge in [0.05, 0.1) is 23.0 Å². The number of aliphatic hydroxyl groups excluding tert-OH is 1. The van der Waals surface area contributed by atoms with Crippen LogP contribution in [0.3, 0.4) is 0 Å². The maximum atomic E-state index is 8.80. The van der Waals surface area contributed by atoms with Crippen LogP contribution in [0.5, 0.6) is 0 Å². The van der Waals surface area contributed by atoms with Gasteiger partial charge in [-0.15, -0.1) is 0 Å². The Hall–Kier alpha value is -0.610. The highest BCUT2D eigenvalue weighted by molar-refractivity contribution is 9.10. The summed E-state index contributed by atoms with van der Waals surface area (Å²) in [6.07, 6.45) is 3.63. The minimum atomic E-state index is 0.0810. The van der Waals surface area contributed by atoms with Crippen molar-refractivity contribution in [1.29, 1.82) is 0 Å².